The highest BCUT2D eigenvalue weighted by molar-refractivity contribution is 6.00. The van der Waals surface area contributed by atoms with Crippen LogP contribution in [0.15, 0.2) is 18.2 Å². The molecule has 2 heterocycles. The number of aromatic nitrogens is 3. The molecule has 0 radical (unpaired) electrons. The third-order valence-corrected chi connectivity index (χ3v) is 3.80. The van der Waals surface area contributed by atoms with Gasteiger partial charge in [-0.1, -0.05) is 5.21 Å². The normalized spacial score (nSPS) is 15.4. The Morgan fingerprint density at radius 3 is 2.88 bits per heavy atom. The molecule has 0 saturated carbocycles. The van der Waals surface area contributed by atoms with Crippen molar-refractivity contribution < 1.29 is 19.1 Å². The first-order valence-electron chi connectivity index (χ1n) is 7.64. The summed E-state index contributed by atoms with van der Waals surface area (Å²) in [6, 6.07) is 4.42. The minimum atomic E-state index is -1.05. The molecule has 0 bridgehead atoms. The van der Waals surface area contributed by atoms with Crippen LogP contribution in [0.3, 0.4) is 0 Å². The van der Waals surface area contributed by atoms with Crippen LogP contribution in [0.2, 0.25) is 0 Å². The number of ether oxygens (including phenoxy) is 1. The van der Waals surface area contributed by atoms with Crippen molar-refractivity contribution >= 4 is 28.9 Å². The van der Waals surface area contributed by atoms with Gasteiger partial charge in [0.1, 0.15) is 5.52 Å². The molecule has 0 spiro atoms. The van der Waals surface area contributed by atoms with Gasteiger partial charge in [0, 0.05) is 19.6 Å². The molecule has 9 nitrogen and oxygen atoms in total. The first kappa shape index (κ1) is 15.9. The molecule has 2 aromatic rings. The summed E-state index contributed by atoms with van der Waals surface area (Å²) in [5.74, 6) is -1.19. The number of hydrogen-bond donors (Lipinski definition) is 1. The Morgan fingerprint density at radius 2 is 2.21 bits per heavy atom. The van der Waals surface area contributed by atoms with Gasteiger partial charge in [0.15, 0.2) is 6.10 Å². The lowest BCUT2D eigenvalue weighted by Gasteiger charge is -2.18. The van der Waals surface area contributed by atoms with Crippen LogP contribution in [0.5, 0.6) is 0 Å². The monoisotopic (exact) mass is 331 g/mol. The number of aryl methyl sites for hydroxylation is 1. The fourth-order valence-corrected chi connectivity index (χ4v) is 2.51. The van der Waals surface area contributed by atoms with E-state index in [1.165, 1.54) is 6.92 Å². The second-order valence-electron chi connectivity index (χ2n) is 5.38. The number of rotatable bonds is 4. The highest BCUT2D eigenvalue weighted by atomic mass is 16.5. The van der Waals surface area contributed by atoms with E-state index in [0.29, 0.717) is 18.6 Å². The number of urea groups is 1. The van der Waals surface area contributed by atoms with Gasteiger partial charge in [-0.25, -0.2) is 14.3 Å². The zero-order chi connectivity index (χ0) is 17.3. The third-order valence-electron chi connectivity index (χ3n) is 3.80. The Kier molecular flexibility index (Phi) is 4.15. The van der Waals surface area contributed by atoms with Gasteiger partial charge in [0.25, 0.3) is 5.91 Å². The summed E-state index contributed by atoms with van der Waals surface area (Å²) in [6.07, 6.45) is -1.05. The number of amides is 3. The topological polar surface area (TPSA) is 106 Å². The predicted molar refractivity (Wildman–Crippen MR) is 83.2 cm³/mol. The van der Waals surface area contributed by atoms with E-state index in [1.807, 2.05) is 6.92 Å². The number of carbonyl (C=O) groups is 3. The van der Waals surface area contributed by atoms with Gasteiger partial charge in [-0.05, 0) is 32.0 Å². The van der Waals surface area contributed by atoms with E-state index in [1.54, 1.807) is 22.9 Å². The molecular weight excluding hydrogens is 314 g/mol. The lowest BCUT2D eigenvalue weighted by molar-refractivity contribution is -0.136. The lowest BCUT2D eigenvalue weighted by atomic mass is 10.2. The summed E-state index contributed by atoms with van der Waals surface area (Å²) in [5.41, 5.74) is 1.66. The van der Waals surface area contributed by atoms with E-state index < -0.39 is 24.0 Å². The highest BCUT2D eigenvalue weighted by Gasteiger charge is 2.31. The minimum absolute atomic E-state index is 0.269. The molecule has 1 aromatic carbocycles. The number of carbonyl (C=O) groups excluding carboxylic acids is 3. The van der Waals surface area contributed by atoms with Gasteiger partial charge in [0.2, 0.25) is 0 Å². The van der Waals surface area contributed by atoms with Gasteiger partial charge in [-0.15, -0.1) is 5.10 Å². The van der Waals surface area contributed by atoms with Crippen LogP contribution in [0.1, 0.15) is 24.2 Å². The van der Waals surface area contributed by atoms with E-state index in [4.69, 9.17) is 4.74 Å². The van der Waals surface area contributed by atoms with E-state index in [0.717, 1.165) is 10.4 Å². The number of hydrogen-bond acceptors (Lipinski definition) is 6. The molecule has 24 heavy (non-hydrogen) atoms. The average Bonchev–Trinajstić information content (AvgIpc) is 3.18. The summed E-state index contributed by atoms with van der Waals surface area (Å²) in [7, 11) is 0. The fraction of sp³-hybridized carbons (Fsp3) is 0.400. The van der Waals surface area contributed by atoms with Crippen LogP contribution in [-0.2, 0) is 16.1 Å². The summed E-state index contributed by atoms with van der Waals surface area (Å²) < 4.78 is 6.89. The van der Waals surface area contributed by atoms with Crippen molar-refractivity contribution in [3.63, 3.8) is 0 Å². The Balaban J connectivity index is 1.72. The number of esters is 1. The van der Waals surface area contributed by atoms with Crippen molar-refractivity contribution in [2.24, 2.45) is 0 Å². The van der Waals surface area contributed by atoms with E-state index in [9.17, 15) is 14.4 Å². The van der Waals surface area contributed by atoms with Crippen LogP contribution in [0.25, 0.3) is 11.0 Å². The third kappa shape index (κ3) is 2.80. The number of nitrogens with zero attached hydrogens (tertiary/aromatic N) is 4. The van der Waals surface area contributed by atoms with Crippen LogP contribution in [0, 0.1) is 0 Å². The Morgan fingerprint density at radius 1 is 1.42 bits per heavy atom. The molecule has 1 aromatic heterocycles. The Hall–Kier alpha value is -2.97. The number of benzene rings is 1. The number of imide groups is 1. The molecule has 126 valence electrons. The molecular formula is C15H17N5O4. The largest absolute Gasteiger partial charge is 0.449 e. The van der Waals surface area contributed by atoms with Gasteiger partial charge in [-0.3, -0.25) is 9.69 Å². The zero-order valence-corrected chi connectivity index (χ0v) is 13.4. The number of nitrogens with one attached hydrogen (secondary N) is 1. The molecule has 0 aliphatic carbocycles. The molecule has 1 aliphatic rings. The summed E-state index contributed by atoms with van der Waals surface area (Å²) >= 11 is 0. The van der Waals surface area contributed by atoms with Crippen molar-refractivity contribution in [1.82, 2.24) is 25.2 Å². The van der Waals surface area contributed by atoms with Crippen LogP contribution in [0.4, 0.5) is 4.79 Å². The maximum absolute atomic E-state index is 12.2. The maximum Gasteiger partial charge on any atom is 0.338 e. The highest BCUT2D eigenvalue weighted by Crippen LogP contribution is 2.15. The predicted octanol–water partition coefficient (Wildman–Crippen LogP) is 0.548. The SMILES string of the molecule is CCn1nnc2cc(C(=O)O[C@H](C)C(=O)N3CCNC3=O)ccc21. The molecule has 1 aliphatic heterocycles. The van der Waals surface area contributed by atoms with Gasteiger partial charge < -0.3 is 10.1 Å². The van der Waals surface area contributed by atoms with Crippen molar-refractivity contribution in [3.05, 3.63) is 23.8 Å². The summed E-state index contributed by atoms with van der Waals surface area (Å²) in [5, 5.41) is 10.5. The summed E-state index contributed by atoms with van der Waals surface area (Å²) in [4.78, 5) is 36.9. The maximum atomic E-state index is 12.2. The zero-order valence-electron chi connectivity index (χ0n) is 13.4. The van der Waals surface area contributed by atoms with Crippen molar-refractivity contribution in [2.45, 2.75) is 26.5 Å². The van der Waals surface area contributed by atoms with Crippen molar-refractivity contribution in [3.8, 4) is 0 Å². The smallest absolute Gasteiger partial charge is 0.338 e. The average molecular weight is 331 g/mol. The van der Waals surface area contributed by atoms with Crippen LogP contribution >= 0.6 is 0 Å². The van der Waals surface area contributed by atoms with Gasteiger partial charge in [-0.2, -0.15) is 0 Å². The summed E-state index contributed by atoms with van der Waals surface area (Å²) in [6.45, 7) is 4.72. The van der Waals surface area contributed by atoms with E-state index in [-0.39, 0.29) is 12.1 Å². The Labute approximate surface area is 137 Å². The van der Waals surface area contributed by atoms with Crippen LogP contribution in [-0.4, -0.2) is 57.0 Å². The lowest BCUT2D eigenvalue weighted by Crippen LogP contribution is -2.41. The molecule has 1 fully saturated rings. The second kappa shape index (κ2) is 6.26. The molecule has 1 atom stereocenters. The van der Waals surface area contributed by atoms with E-state index >= 15 is 0 Å². The Bertz CT molecular complexity index is 815. The molecule has 3 rings (SSSR count). The molecule has 0 unspecified atom stereocenters. The van der Waals surface area contributed by atoms with Crippen molar-refractivity contribution in [1.29, 1.82) is 0 Å². The molecule has 1 N–H and O–H groups in total. The molecule has 9 heteroatoms. The second-order valence-corrected chi connectivity index (χ2v) is 5.38. The number of fused-ring (bicyclic) bond motifs is 1. The first-order chi connectivity index (χ1) is 11.5. The van der Waals surface area contributed by atoms with Crippen molar-refractivity contribution in [2.75, 3.05) is 13.1 Å². The standard InChI is InChI=1S/C15H17N5O4/c1-3-20-12-5-4-10(8-11(12)17-18-20)14(22)24-9(2)13(21)19-7-6-16-15(19)23/h4-5,8-9H,3,6-7H2,1-2H3,(H,16,23)/t9-/m1/s1. The fourth-order valence-electron chi connectivity index (χ4n) is 2.51. The first-order valence-corrected chi connectivity index (χ1v) is 7.64. The van der Waals surface area contributed by atoms with Gasteiger partial charge >= 0.3 is 12.0 Å². The van der Waals surface area contributed by atoms with Crippen LogP contribution < -0.4 is 5.32 Å². The van der Waals surface area contributed by atoms with Gasteiger partial charge in [0.05, 0.1) is 11.1 Å². The molecule has 3 amide bonds. The molecule has 1 saturated heterocycles. The van der Waals surface area contributed by atoms with E-state index in [2.05, 4.69) is 15.6 Å². The minimum Gasteiger partial charge on any atom is -0.449 e. The quantitative estimate of drug-likeness (QED) is 0.820.